The minimum absolute atomic E-state index is 0.179. The van der Waals surface area contributed by atoms with E-state index in [0.29, 0.717) is 0 Å². The second kappa shape index (κ2) is 4.99. The van der Waals surface area contributed by atoms with E-state index < -0.39 is 0 Å². The van der Waals surface area contributed by atoms with E-state index in [2.05, 4.69) is 17.9 Å². The van der Waals surface area contributed by atoms with Crippen molar-refractivity contribution in [3.63, 3.8) is 0 Å². The highest BCUT2D eigenvalue weighted by Crippen LogP contribution is 2.36. The van der Waals surface area contributed by atoms with Crippen molar-refractivity contribution in [3.05, 3.63) is 0 Å². The van der Waals surface area contributed by atoms with Crippen LogP contribution in [-0.2, 0) is 0 Å². The van der Waals surface area contributed by atoms with Crippen molar-refractivity contribution in [1.29, 1.82) is 5.26 Å². The Kier molecular flexibility index (Phi) is 3.64. The van der Waals surface area contributed by atoms with Crippen molar-refractivity contribution in [2.24, 2.45) is 5.92 Å². The zero-order chi connectivity index (χ0) is 10.7. The first-order valence-corrected chi connectivity index (χ1v) is 6.52. The molecule has 2 heteroatoms. The van der Waals surface area contributed by atoms with Gasteiger partial charge in [-0.05, 0) is 44.6 Å². The standard InChI is InChI=1S/C13H22N2/c1-2-12(10-14)15-9-5-8-13(15)11-6-3-4-7-11/h11-13H,2-9H2,1H3. The van der Waals surface area contributed by atoms with Crippen LogP contribution in [0.2, 0.25) is 0 Å². The molecule has 2 unspecified atom stereocenters. The summed E-state index contributed by atoms with van der Waals surface area (Å²) in [4.78, 5) is 2.50. The summed E-state index contributed by atoms with van der Waals surface area (Å²) in [6, 6.07) is 3.39. The maximum atomic E-state index is 9.16. The highest BCUT2D eigenvalue weighted by Gasteiger charge is 2.36. The number of hydrogen-bond acceptors (Lipinski definition) is 2. The van der Waals surface area contributed by atoms with Crippen molar-refractivity contribution in [3.8, 4) is 6.07 Å². The van der Waals surface area contributed by atoms with E-state index in [1.54, 1.807) is 0 Å². The molecule has 0 aromatic heterocycles. The maximum Gasteiger partial charge on any atom is 0.0977 e. The molecule has 0 N–H and O–H groups in total. The van der Waals surface area contributed by atoms with E-state index in [4.69, 9.17) is 5.26 Å². The molecule has 1 saturated heterocycles. The van der Waals surface area contributed by atoms with Crippen LogP contribution in [0.25, 0.3) is 0 Å². The first kappa shape index (κ1) is 11.0. The molecule has 1 heterocycles. The second-order valence-electron chi connectivity index (χ2n) is 5.05. The SMILES string of the molecule is CCC(C#N)N1CCCC1C1CCCC1. The fourth-order valence-corrected chi connectivity index (χ4v) is 3.45. The lowest BCUT2D eigenvalue weighted by atomic mass is 9.95. The number of rotatable bonds is 3. The van der Waals surface area contributed by atoms with Crippen LogP contribution in [0, 0.1) is 17.2 Å². The third-order valence-corrected chi connectivity index (χ3v) is 4.22. The Bertz CT molecular complexity index is 237. The fraction of sp³-hybridized carbons (Fsp3) is 0.923. The topological polar surface area (TPSA) is 27.0 Å². The lowest BCUT2D eigenvalue weighted by Crippen LogP contribution is -2.41. The highest BCUT2D eigenvalue weighted by molar-refractivity contribution is 4.98. The molecule has 1 aliphatic carbocycles. The van der Waals surface area contributed by atoms with Gasteiger partial charge in [0.25, 0.3) is 0 Å². The van der Waals surface area contributed by atoms with E-state index in [1.165, 1.54) is 38.5 Å². The zero-order valence-electron chi connectivity index (χ0n) is 9.78. The van der Waals surface area contributed by atoms with Gasteiger partial charge in [-0.2, -0.15) is 5.26 Å². The summed E-state index contributed by atoms with van der Waals surface area (Å²) in [5, 5.41) is 9.16. The average Bonchev–Trinajstić information content (AvgIpc) is 2.88. The molecule has 2 nitrogen and oxygen atoms in total. The summed E-state index contributed by atoms with van der Waals surface area (Å²) < 4.78 is 0. The highest BCUT2D eigenvalue weighted by atomic mass is 15.2. The Hall–Kier alpha value is -0.550. The Balaban J connectivity index is 2.00. The molecule has 2 fully saturated rings. The molecule has 1 saturated carbocycles. The Morgan fingerprint density at radius 3 is 2.60 bits per heavy atom. The predicted octanol–water partition coefficient (Wildman–Crippen LogP) is 2.94. The Labute approximate surface area is 93.3 Å². The summed E-state index contributed by atoms with van der Waals surface area (Å²) in [6.45, 7) is 3.30. The van der Waals surface area contributed by atoms with Crippen molar-refractivity contribution in [2.45, 2.75) is 64.0 Å². The van der Waals surface area contributed by atoms with Crippen molar-refractivity contribution in [1.82, 2.24) is 4.90 Å². The van der Waals surface area contributed by atoms with Crippen LogP contribution in [0.15, 0.2) is 0 Å². The average molecular weight is 206 g/mol. The zero-order valence-corrected chi connectivity index (χ0v) is 9.78. The summed E-state index contributed by atoms with van der Waals surface area (Å²) in [5.41, 5.74) is 0. The smallest absolute Gasteiger partial charge is 0.0977 e. The van der Waals surface area contributed by atoms with E-state index in [9.17, 15) is 0 Å². The molecule has 2 rings (SSSR count). The first-order chi connectivity index (χ1) is 7.36. The molecule has 0 spiro atoms. The maximum absolute atomic E-state index is 9.16. The van der Waals surface area contributed by atoms with E-state index in [-0.39, 0.29) is 6.04 Å². The summed E-state index contributed by atoms with van der Waals surface area (Å²) in [6.07, 6.45) is 9.27. The van der Waals surface area contributed by atoms with Gasteiger partial charge >= 0.3 is 0 Å². The fourth-order valence-electron chi connectivity index (χ4n) is 3.45. The van der Waals surface area contributed by atoms with Crippen LogP contribution in [0.1, 0.15) is 51.9 Å². The van der Waals surface area contributed by atoms with Crippen LogP contribution in [0.3, 0.4) is 0 Å². The van der Waals surface area contributed by atoms with Gasteiger partial charge in [-0.15, -0.1) is 0 Å². The van der Waals surface area contributed by atoms with Gasteiger partial charge in [0.15, 0.2) is 0 Å². The Morgan fingerprint density at radius 2 is 2.00 bits per heavy atom. The molecule has 2 aliphatic rings. The van der Waals surface area contributed by atoms with Crippen molar-refractivity contribution < 1.29 is 0 Å². The van der Waals surface area contributed by atoms with Gasteiger partial charge in [0, 0.05) is 6.04 Å². The number of likely N-dealkylation sites (tertiary alicyclic amines) is 1. The largest absolute Gasteiger partial charge is 0.285 e. The van der Waals surface area contributed by atoms with Gasteiger partial charge < -0.3 is 0 Å². The molecule has 1 aliphatic heterocycles. The lowest BCUT2D eigenvalue weighted by molar-refractivity contribution is 0.159. The van der Waals surface area contributed by atoms with Crippen molar-refractivity contribution >= 4 is 0 Å². The third kappa shape index (κ3) is 2.18. The van der Waals surface area contributed by atoms with E-state index in [0.717, 1.165) is 24.9 Å². The van der Waals surface area contributed by atoms with Crippen LogP contribution < -0.4 is 0 Å². The molecule has 0 aromatic rings. The minimum atomic E-state index is 0.179. The number of nitriles is 1. The van der Waals surface area contributed by atoms with Crippen molar-refractivity contribution in [2.75, 3.05) is 6.54 Å². The van der Waals surface area contributed by atoms with Gasteiger partial charge in [0.1, 0.15) is 0 Å². The molecule has 0 amide bonds. The van der Waals surface area contributed by atoms with Gasteiger partial charge in [0.05, 0.1) is 12.1 Å². The molecule has 0 aromatic carbocycles. The van der Waals surface area contributed by atoms with Crippen LogP contribution in [-0.4, -0.2) is 23.5 Å². The normalized spacial score (nSPS) is 30.5. The van der Waals surface area contributed by atoms with E-state index in [1.807, 2.05) is 0 Å². The molecule has 2 atom stereocenters. The molecular formula is C13H22N2. The molecule has 15 heavy (non-hydrogen) atoms. The summed E-state index contributed by atoms with van der Waals surface area (Å²) in [5.74, 6) is 0.898. The molecule has 84 valence electrons. The Morgan fingerprint density at radius 1 is 1.27 bits per heavy atom. The molecular weight excluding hydrogens is 184 g/mol. The predicted molar refractivity (Wildman–Crippen MR) is 61.4 cm³/mol. The van der Waals surface area contributed by atoms with Gasteiger partial charge in [-0.3, -0.25) is 4.90 Å². The van der Waals surface area contributed by atoms with Gasteiger partial charge in [-0.1, -0.05) is 19.8 Å². The number of nitrogens with zero attached hydrogens (tertiary/aromatic N) is 2. The quantitative estimate of drug-likeness (QED) is 0.710. The van der Waals surface area contributed by atoms with Gasteiger partial charge in [-0.25, -0.2) is 0 Å². The minimum Gasteiger partial charge on any atom is -0.285 e. The first-order valence-electron chi connectivity index (χ1n) is 6.52. The van der Waals surface area contributed by atoms with Crippen LogP contribution in [0.5, 0.6) is 0 Å². The third-order valence-electron chi connectivity index (χ3n) is 4.22. The van der Waals surface area contributed by atoms with E-state index >= 15 is 0 Å². The van der Waals surface area contributed by atoms with Crippen LogP contribution in [0.4, 0.5) is 0 Å². The molecule has 0 radical (unpaired) electrons. The van der Waals surface area contributed by atoms with Crippen LogP contribution >= 0.6 is 0 Å². The lowest BCUT2D eigenvalue weighted by Gasteiger charge is -2.32. The van der Waals surface area contributed by atoms with Gasteiger partial charge in [0.2, 0.25) is 0 Å². The summed E-state index contributed by atoms with van der Waals surface area (Å²) >= 11 is 0. The second-order valence-corrected chi connectivity index (χ2v) is 5.05. The monoisotopic (exact) mass is 206 g/mol. The molecule has 0 bridgehead atoms. The number of hydrogen-bond donors (Lipinski definition) is 0. The summed E-state index contributed by atoms with van der Waals surface area (Å²) in [7, 11) is 0.